The molecule has 2 aromatic rings. The van der Waals surface area contributed by atoms with Crippen LogP contribution in [0.4, 0.5) is 8.78 Å². The van der Waals surface area contributed by atoms with Gasteiger partial charge in [-0.2, -0.15) is 0 Å². The lowest BCUT2D eigenvalue weighted by atomic mass is 10.1. The highest BCUT2D eigenvalue weighted by Gasteiger charge is 2.09. The Balaban J connectivity index is 2.31. The van der Waals surface area contributed by atoms with E-state index >= 15 is 0 Å². The molecule has 0 bridgehead atoms. The summed E-state index contributed by atoms with van der Waals surface area (Å²) in [5.74, 6) is -2.04. The number of hydrogen-bond donors (Lipinski definition) is 1. The molecule has 0 aliphatic carbocycles. The second-order valence-electron chi connectivity index (χ2n) is 4.61. The highest BCUT2D eigenvalue weighted by Crippen LogP contribution is 2.21. The maximum atomic E-state index is 14.0. The molecule has 0 aromatic heterocycles. The summed E-state index contributed by atoms with van der Waals surface area (Å²) in [6.45, 7) is 0. The SMILES string of the molecule is COc1cccc(/C=C/C=C(/C(=O)O)c2ccc(F)cc2)c1F. The van der Waals surface area contributed by atoms with Gasteiger partial charge in [-0.25, -0.2) is 13.6 Å². The van der Waals surface area contributed by atoms with Crippen LogP contribution in [0.25, 0.3) is 11.6 Å². The van der Waals surface area contributed by atoms with Gasteiger partial charge < -0.3 is 9.84 Å². The lowest BCUT2D eigenvalue weighted by Crippen LogP contribution is -1.99. The number of allylic oxidation sites excluding steroid dienone is 2. The smallest absolute Gasteiger partial charge is 0.336 e. The van der Waals surface area contributed by atoms with Gasteiger partial charge in [-0.15, -0.1) is 0 Å². The molecule has 0 heterocycles. The van der Waals surface area contributed by atoms with Crippen molar-refractivity contribution in [3.63, 3.8) is 0 Å². The molecule has 0 spiro atoms. The van der Waals surface area contributed by atoms with E-state index in [-0.39, 0.29) is 16.9 Å². The molecular weight excluding hydrogens is 302 g/mol. The van der Waals surface area contributed by atoms with Gasteiger partial charge in [0.15, 0.2) is 11.6 Å². The molecular formula is C18H14F2O3. The van der Waals surface area contributed by atoms with E-state index in [9.17, 15) is 18.7 Å². The molecule has 0 unspecified atom stereocenters. The quantitative estimate of drug-likeness (QED) is 0.665. The maximum absolute atomic E-state index is 14.0. The van der Waals surface area contributed by atoms with E-state index in [4.69, 9.17) is 4.74 Å². The van der Waals surface area contributed by atoms with Crippen molar-refractivity contribution in [3.05, 3.63) is 77.4 Å². The third-order valence-corrected chi connectivity index (χ3v) is 3.14. The van der Waals surface area contributed by atoms with Gasteiger partial charge in [0.25, 0.3) is 0 Å². The summed E-state index contributed by atoms with van der Waals surface area (Å²) in [7, 11) is 1.36. The van der Waals surface area contributed by atoms with E-state index in [1.165, 1.54) is 55.7 Å². The molecule has 0 amide bonds. The molecule has 0 radical (unpaired) electrons. The average Bonchev–Trinajstić information content (AvgIpc) is 2.54. The molecule has 2 aromatic carbocycles. The van der Waals surface area contributed by atoms with Crippen LogP contribution in [-0.2, 0) is 4.79 Å². The Morgan fingerprint density at radius 3 is 2.43 bits per heavy atom. The summed E-state index contributed by atoms with van der Waals surface area (Å²) >= 11 is 0. The molecule has 23 heavy (non-hydrogen) atoms. The Bertz CT molecular complexity index is 762. The molecule has 118 valence electrons. The van der Waals surface area contributed by atoms with Gasteiger partial charge in [-0.3, -0.25) is 0 Å². The summed E-state index contributed by atoms with van der Waals surface area (Å²) in [4.78, 5) is 11.3. The topological polar surface area (TPSA) is 46.5 Å². The molecule has 2 rings (SSSR count). The van der Waals surface area contributed by atoms with Gasteiger partial charge in [-0.1, -0.05) is 36.4 Å². The number of carboxylic acid groups (broad SMARTS) is 1. The highest BCUT2D eigenvalue weighted by atomic mass is 19.1. The zero-order valence-electron chi connectivity index (χ0n) is 12.3. The lowest BCUT2D eigenvalue weighted by molar-refractivity contribution is -0.130. The summed E-state index contributed by atoms with van der Waals surface area (Å²) in [5, 5.41) is 9.24. The van der Waals surface area contributed by atoms with Crippen LogP contribution < -0.4 is 4.74 Å². The average molecular weight is 316 g/mol. The zero-order valence-corrected chi connectivity index (χ0v) is 12.3. The van der Waals surface area contributed by atoms with Crippen molar-refractivity contribution in [1.29, 1.82) is 0 Å². The molecule has 1 N–H and O–H groups in total. The second-order valence-corrected chi connectivity index (χ2v) is 4.61. The number of rotatable bonds is 5. The largest absolute Gasteiger partial charge is 0.494 e. The Kier molecular flexibility index (Phi) is 5.25. The van der Waals surface area contributed by atoms with Gasteiger partial charge in [0.1, 0.15) is 5.82 Å². The van der Waals surface area contributed by atoms with Crippen LogP contribution in [0.1, 0.15) is 11.1 Å². The van der Waals surface area contributed by atoms with Crippen molar-refractivity contribution in [3.8, 4) is 5.75 Å². The van der Waals surface area contributed by atoms with Crippen molar-refractivity contribution >= 4 is 17.6 Å². The summed E-state index contributed by atoms with van der Waals surface area (Å²) in [6, 6.07) is 9.76. The minimum atomic E-state index is -1.16. The van der Waals surface area contributed by atoms with Gasteiger partial charge in [0.2, 0.25) is 0 Å². The fraction of sp³-hybridized carbons (Fsp3) is 0.0556. The molecule has 0 saturated carbocycles. The first-order valence-corrected chi connectivity index (χ1v) is 6.73. The Hall–Kier alpha value is -2.95. The first-order chi connectivity index (χ1) is 11.0. The summed E-state index contributed by atoms with van der Waals surface area (Å²) in [5.41, 5.74) is 0.601. The zero-order chi connectivity index (χ0) is 16.8. The second kappa shape index (κ2) is 7.35. The predicted octanol–water partition coefficient (Wildman–Crippen LogP) is 4.15. The summed E-state index contributed by atoms with van der Waals surface area (Å²) < 4.78 is 31.8. The first-order valence-electron chi connectivity index (χ1n) is 6.73. The molecule has 5 heteroatoms. The first kappa shape index (κ1) is 16.4. The van der Waals surface area contributed by atoms with E-state index in [1.54, 1.807) is 12.1 Å². The number of methoxy groups -OCH3 is 1. The molecule has 0 fully saturated rings. The molecule has 3 nitrogen and oxygen atoms in total. The summed E-state index contributed by atoms with van der Waals surface area (Å²) in [6.07, 6.45) is 4.18. The number of carbonyl (C=O) groups is 1. The van der Waals surface area contributed by atoms with Crippen molar-refractivity contribution in [2.45, 2.75) is 0 Å². The Morgan fingerprint density at radius 1 is 1.13 bits per heavy atom. The monoisotopic (exact) mass is 316 g/mol. The fourth-order valence-corrected chi connectivity index (χ4v) is 1.98. The van der Waals surface area contributed by atoms with Crippen LogP contribution in [0.3, 0.4) is 0 Å². The van der Waals surface area contributed by atoms with E-state index < -0.39 is 17.6 Å². The number of aliphatic carboxylic acids is 1. The Morgan fingerprint density at radius 2 is 1.83 bits per heavy atom. The van der Waals surface area contributed by atoms with E-state index in [1.807, 2.05) is 0 Å². The maximum Gasteiger partial charge on any atom is 0.336 e. The van der Waals surface area contributed by atoms with Gasteiger partial charge >= 0.3 is 5.97 Å². The van der Waals surface area contributed by atoms with Crippen molar-refractivity contribution in [2.75, 3.05) is 7.11 Å². The third kappa shape index (κ3) is 4.03. The minimum Gasteiger partial charge on any atom is -0.494 e. The lowest BCUT2D eigenvalue weighted by Gasteiger charge is -2.03. The van der Waals surface area contributed by atoms with Crippen LogP contribution in [0.15, 0.2) is 54.6 Å². The fourth-order valence-electron chi connectivity index (χ4n) is 1.98. The molecule has 0 aliphatic rings. The van der Waals surface area contributed by atoms with Crippen LogP contribution in [0.2, 0.25) is 0 Å². The molecule has 0 saturated heterocycles. The normalized spacial score (nSPS) is 11.7. The van der Waals surface area contributed by atoms with Crippen molar-refractivity contribution < 1.29 is 23.4 Å². The van der Waals surface area contributed by atoms with Crippen LogP contribution >= 0.6 is 0 Å². The van der Waals surface area contributed by atoms with E-state index in [2.05, 4.69) is 0 Å². The van der Waals surface area contributed by atoms with E-state index in [0.29, 0.717) is 5.56 Å². The number of halogens is 2. The molecule has 0 atom stereocenters. The third-order valence-electron chi connectivity index (χ3n) is 3.14. The highest BCUT2D eigenvalue weighted by molar-refractivity contribution is 6.15. The van der Waals surface area contributed by atoms with Crippen LogP contribution in [0.5, 0.6) is 5.75 Å². The van der Waals surface area contributed by atoms with Crippen LogP contribution in [-0.4, -0.2) is 18.2 Å². The number of benzene rings is 2. The Labute approximate surface area is 132 Å². The minimum absolute atomic E-state index is 0.0236. The number of ether oxygens (including phenoxy) is 1. The van der Waals surface area contributed by atoms with Crippen LogP contribution in [0, 0.1) is 11.6 Å². The van der Waals surface area contributed by atoms with Crippen molar-refractivity contribution in [1.82, 2.24) is 0 Å². The van der Waals surface area contributed by atoms with E-state index in [0.717, 1.165) is 0 Å². The van der Waals surface area contributed by atoms with Gasteiger partial charge in [0.05, 0.1) is 12.7 Å². The molecule has 0 aliphatic heterocycles. The number of carboxylic acids is 1. The van der Waals surface area contributed by atoms with Crippen molar-refractivity contribution in [2.24, 2.45) is 0 Å². The number of hydrogen-bond acceptors (Lipinski definition) is 2. The standard InChI is InChI=1S/C18H14F2O3/c1-23-16-7-3-5-13(17(16)20)4-2-6-15(18(21)22)12-8-10-14(19)11-9-12/h2-11H,1H3,(H,21,22)/b4-2+,15-6+. The van der Waals surface area contributed by atoms with Gasteiger partial charge in [0, 0.05) is 5.56 Å². The van der Waals surface area contributed by atoms with Gasteiger partial charge in [-0.05, 0) is 29.8 Å². The predicted molar refractivity (Wildman–Crippen MR) is 84.0 cm³/mol.